The Morgan fingerprint density at radius 2 is 1.93 bits per heavy atom. The minimum absolute atomic E-state index is 0.402. The van der Waals surface area contributed by atoms with Gasteiger partial charge in [0, 0.05) is 19.8 Å². The predicted octanol–water partition coefficient (Wildman–Crippen LogP) is 1.57. The number of methoxy groups -OCH3 is 1. The van der Waals surface area contributed by atoms with Crippen LogP contribution in [0.3, 0.4) is 0 Å². The van der Waals surface area contributed by atoms with Crippen LogP contribution in [0.1, 0.15) is 33.1 Å². The highest BCUT2D eigenvalue weighted by Gasteiger charge is 2.23. The zero-order chi connectivity index (χ0) is 10.4. The molecule has 14 heavy (non-hydrogen) atoms. The maximum absolute atomic E-state index is 5.68. The van der Waals surface area contributed by atoms with Gasteiger partial charge in [0.05, 0.1) is 12.2 Å². The molecule has 1 rings (SSSR count). The third-order valence-electron chi connectivity index (χ3n) is 2.66. The number of hydrogen-bond acceptors (Lipinski definition) is 3. The van der Waals surface area contributed by atoms with Gasteiger partial charge >= 0.3 is 0 Å². The van der Waals surface area contributed by atoms with E-state index in [0.29, 0.717) is 18.2 Å². The SMILES string of the molecule is COCCCNC1C[C@@H](C)O[C@@H](C)C1. The van der Waals surface area contributed by atoms with Crippen molar-refractivity contribution in [1.29, 1.82) is 0 Å². The molecule has 0 amide bonds. The number of hydrogen-bond donors (Lipinski definition) is 1. The maximum Gasteiger partial charge on any atom is 0.0565 e. The van der Waals surface area contributed by atoms with Crippen molar-refractivity contribution in [3.8, 4) is 0 Å². The van der Waals surface area contributed by atoms with Crippen LogP contribution in [0, 0.1) is 0 Å². The smallest absolute Gasteiger partial charge is 0.0565 e. The average molecular weight is 201 g/mol. The fourth-order valence-corrected chi connectivity index (χ4v) is 2.09. The fourth-order valence-electron chi connectivity index (χ4n) is 2.09. The van der Waals surface area contributed by atoms with E-state index in [9.17, 15) is 0 Å². The van der Waals surface area contributed by atoms with Crippen molar-refractivity contribution in [3.05, 3.63) is 0 Å². The third kappa shape index (κ3) is 4.40. The van der Waals surface area contributed by atoms with E-state index in [4.69, 9.17) is 9.47 Å². The van der Waals surface area contributed by atoms with E-state index in [-0.39, 0.29) is 0 Å². The molecule has 0 spiro atoms. The molecular weight excluding hydrogens is 178 g/mol. The van der Waals surface area contributed by atoms with Crippen LogP contribution in [-0.4, -0.2) is 38.5 Å². The molecule has 0 aromatic rings. The van der Waals surface area contributed by atoms with Gasteiger partial charge in [-0.05, 0) is 39.7 Å². The molecular formula is C11H23NO2. The Labute approximate surface area is 87.2 Å². The minimum atomic E-state index is 0.402. The lowest BCUT2D eigenvalue weighted by Crippen LogP contribution is -2.41. The van der Waals surface area contributed by atoms with Crippen LogP contribution in [0.25, 0.3) is 0 Å². The molecule has 1 saturated heterocycles. The predicted molar refractivity (Wildman–Crippen MR) is 57.5 cm³/mol. The molecule has 0 radical (unpaired) electrons. The molecule has 0 bridgehead atoms. The Morgan fingerprint density at radius 3 is 2.50 bits per heavy atom. The second-order valence-electron chi connectivity index (χ2n) is 4.23. The van der Waals surface area contributed by atoms with Gasteiger partial charge < -0.3 is 14.8 Å². The van der Waals surface area contributed by atoms with Crippen molar-refractivity contribution in [2.24, 2.45) is 0 Å². The highest BCUT2D eigenvalue weighted by atomic mass is 16.5. The van der Waals surface area contributed by atoms with Crippen molar-refractivity contribution in [2.75, 3.05) is 20.3 Å². The molecule has 1 N–H and O–H groups in total. The Hall–Kier alpha value is -0.120. The third-order valence-corrected chi connectivity index (χ3v) is 2.66. The normalized spacial score (nSPS) is 33.2. The van der Waals surface area contributed by atoms with Crippen LogP contribution < -0.4 is 5.32 Å². The summed E-state index contributed by atoms with van der Waals surface area (Å²) in [5, 5.41) is 3.56. The summed E-state index contributed by atoms with van der Waals surface area (Å²) < 4.78 is 10.7. The quantitative estimate of drug-likeness (QED) is 0.685. The lowest BCUT2D eigenvalue weighted by atomic mass is 10.00. The Bertz CT molecular complexity index is 142. The van der Waals surface area contributed by atoms with Gasteiger partial charge in [-0.3, -0.25) is 0 Å². The van der Waals surface area contributed by atoms with Gasteiger partial charge in [0.15, 0.2) is 0 Å². The molecule has 3 atom stereocenters. The monoisotopic (exact) mass is 201 g/mol. The summed E-state index contributed by atoms with van der Waals surface area (Å²) in [6, 6.07) is 0.630. The maximum atomic E-state index is 5.68. The molecule has 3 heteroatoms. The summed E-state index contributed by atoms with van der Waals surface area (Å²) in [4.78, 5) is 0. The second kappa shape index (κ2) is 6.38. The Morgan fingerprint density at radius 1 is 1.29 bits per heavy atom. The molecule has 1 fully saturated rings. The first-order valence-electron chi connectivity index (χ1n) is 5.60. The summed E-state index contributed by atoms with van der Waals surface area (Å²) in [5.41, 5.74) is 0. The first kappa shape index (κ1) is 12.0. The van der Waals surface area contributed by atoms with E-state index in [1.165, 1.54) is 0 Å². The summed E-state index contributed by atoms with van der Waals surface area (Å²) >= 11 is 0. The van der Waals surface area contributed by atoms with Crippen LogP contribution >= 0.6 is 0 Å². The zero-order valence-corrected chi connectivity index (χ0v) is 9.58. The highest BCUT2D eigenvalue weighted by molar-refractivity contribution is 4.78. The van der Waals surface area contributed by atoms with Crippen molar-refractivity contribution in [1.82, 2.24) is 5.32 Å². The summed E-state index contributed by atoms with van der Waals surface area (Å²) in [6.45, 7) is 6.21. The number of nitrogens with one attached hydrogen (secondary N) is 1. The van der Waals surface area contributed by atoms with Crippen molar-refractivity contribution in [3.63, 3.8) is 0 Å². The molecule has 0 aliphatic carbocycles. The second-order valence-corrected chi connectivity index (χ2v) is 4.23. The molecule has 0 aromatic carbocycles. The van der Waals surface area contributed by atoms with Gasteiger partial charge in [0.2, 0.25) is 0 Å². The van der Waals surface area contributed by atoms with Crippen LogP contribution in [0.5, 0.6) is 0 Å². The molecule has 1 aliphatic heterocycles. The molecule has 1 aliphatic rings. The largest absolute Gasteiger partial charge is 0.385 e. The van der Waals surface area contributed by atoms with Gasteiger partial charge in [0.25, 0.3) is 0 Å². The minimum Gasteiger partial charge on any atom is -0.385 e. The molecule has 84 valence electrons. The van der Waals surface area contributed by atoms with Crippen molar-refractivity contribution < 1.29 is 9.47 Å². The van der Waals surface area contributed by atoms with Gasteiger partial charge in [-0.15, -0.1) is 0 Å². The topological polar surface area (TPSA) is 30.5 Å². The van der Waals surface area contributed by atoms with Gasteiger partial charge in [-0.1, -0.05) is 0 Å². The Balaban J connectivity index is 2.10. The summed E-state index contributed by atoms with van der Waals surface area (Å²) in [5.74, 6) is 0. The van der Waals surface area contributed by atoms with Crippen LogP contribution in [0.2, 0.25) is 0 Å². The van der Waals surface area contributed by atoms with Crippen LogP contribution in [0.4, 0.5) is 0 Å². The van der Waals surface area contributed by atoms with E-state index in [2.05, 4.69) is 19.2 Å². The molecule has 3 nitrogen and oxygen atoms in total. The first-order valence-corrected chi connectivity index (χ1v) is 5.60. The Kier molecular flexibility index (Phi) is 5.45. The van der Waals surface area contributed by atoms with E-state index in [1.54, 1.807) is 7.11 Å². The lowest BCUT2D eigenvalue weighted by molar-refractivity contribution is -0.0421. The molecule has 1 heterocycles. The van der Waals surface area contributed by atoms with Crippen molar-refractivity contribution >= 4 is 0 Å². The van der Waals surface area contributed by atoms with E-state index in [1.807, 2.05) is 0 Å². The molecule has 0 aromatic heterocycles. The number of ether oxygens (including phenoxy) is 2. The van der Waals surface area contributed by atoms with Gasteiger partial charge in [-0.2, -0.15) is 0 Å². The molecule has 1 unspecified atom stereocenters. The fraction of sp³-hybridized carbons (Fsp3) is 1.00. The number of rotatable bonds is 5. The van der Waals surface area contributed by atoms with E-state index < -0.39 is 0 Å². The van der Waals surface area contributed by atoms with Gasteiger partial charge in [0.1, 0.15) is 0 Å². The summed E-state index contributed by atoms with van der Waals surface area (Å²) in [6.07, 6.45) is 4.17. The van der Waals surface area contributed by atoms with E-state index in [0.717, 1.165) is 32.4 Å². The van der Waals surface area contributed by atoms with Crippen LogP contribution in [-0.2, 0) is 9.47 Å². The van der Waals surface area contributed by atoms with Gasteiger partial charge in [-0.25, -0.2) is 0 Å². The standard InChI is InChI=1S/C11H23NO2/c1-9-7-11(8-10(2)14-9)12-5-4-6-13-3/h9-12H,4-8H2,1-3H3/t9-,10+,11?. The van der Waals surface area contributed by atoms with Crippen LogP contribution in [0.15, 0.2) is 0 Å². The zero-order valence-electron chi connectivity index (χ0n) is 9.58. The highest BCUT2D eigenvalue weighted by Crippen LogP contribution is 2.18. The van der Waals surface area contributed by atoms with Crippen molar-refractivity contribution in [2.45, 2.75) is 51.4 Å². The first-order chi connectivity index (χ1) is 6.72. The average Bonchev–Trinajstić information content (AvgIpc) is 2.11. The summed E-state index contributed by atoms with van der Waals surface area (Å²) in [7, 11) is 1.75. The lowest BCUT2D eigenvalue weighted by Gasteiger charge is -2.32. The van der Waals surface area contributed by atoms with E-state index >= 15 is 0 Å². The molecule has 0 saturated carbocycles.